The summed E-state index contributed by atoms with van der Waals surface area (Å²) < 4.78 is 5.11. The van der Waals surface area contributed by atoms with Crippen LogP contribution in [0.3, 0.4) is 0 Å². The van der Waals surface area contributed by atoms with E-state index in [0.717, 1.165) is 0 Å². The average Bonchev–Trinajstić information content (AvgIpc) is 3.06. The second-order valence-corrected chi connectivity index (χ2v) is 7.78. The Hall–Kier alpha value is -3.01. The zero-order valence-electron chi connectivity index (χ0n) is 15.9. The zero-order chi connectivity index (χ0) is 20.7. The summed E-state index contributed by atoms with van der Waals surface area (Å²) in [6.45, 7) is 5.64. The maximum atomic E-state index is 12.0. The van der Waals surface area contributed by atoms with Crippen LogP contribution in [0.5, 0.6) is 0 Å². The molecule has 0 aliphatic heterocycles. The van der Waals surface area contributed by atoms with Crippen LogP contribution in [-0.2, 0) is 9.53 Å². The second kappa shape index (κ2) is 9.27. The molecule has 0 saturated carbocycles. The molecule has 1 aromatic carbocycles. The molecule has 2 aromatic rings. The predicted molar refractivity (Wildman–Crippen MR) is 106 cm³/mol. The molecule has 0 atom stereocenters. The van der Waals surface area contributed by atoms with Gasteiger partial charge in [0.2, 0.25) is 5.91 Å². The van der Waals surface area contributed by atoms with Crippen molar-refractivity contribution in [2.75, 3.05) is 11.9 Å². The molecule has 0 fully saturated rings. The lowest BCUT2D eigenvalue weighted by atomic mass is 10.1. The van der Waals surface area contributed by atoms with Crippen molar-refractivity contribution in [3.8, 4) is 11.3 Å². The fourth-order valence-electron chi connectivity index (χ4n) is 2.18. The molecule has 0 bridgehead atoms. The Bertz CT molecular complexity index is 860. The molecular weight excluding hydrogens is 384 g/mol. The normalized spacial score (nSPS) is 11.0. The maximum Gasteiger partial charge on any atom is 0.407 e. The third kappa shape index (κ3) is 6.95. The SMILES string of the molecule is CC(C)(C)OC(=O)NCCCC(=O)Nc1nc(-c2cccc([N+](=O)[O-])c2)cs1. The van der Waals surface area contributed by atoms with E-state index in [1.165, 1.54) is 23.5 Å². The van der Waals surface area contributed by atoms with Gasteiger partial charge in [-0.2, -0.15) is 0 Å². The molecule has 28 heavy (non-hydrogen) atoms. The topological polar surface area (TPSA) is 123 Å². The minimum absolute atomic E-state index is 0.0198. The van der Waals surface area contributed by atoms with Crippen LogP contribution < -0.4 is 10.6 Å². The zero-order valence-corrected chi connectivity index (χ0v) is 16.7. The summed E-state index contributed by atoms with van der Waals surface area (Å²) in [6, 6.07) is 6.14. The lowest BCUT2D eigenvalue weighted by Gasteiger charge is -2.19. The van der Waals surface area contributed by atoms with Gasteiger partial charge in [0.25, 0.3) is 5.69 Å². The van der Waals surface area contributed by atoms with E-state index in [1.54, 1.807) is 38.3 Å². The molecule has 1 aromatic heterocycles. The summed E-state index contributed by atoms with van der Waals surface area (Å²) in [5.41, 5.74) is 0.570. The average molecular weight is 406 g/mol. The van der Waals surface area contributed by atoms with Gasteiger partial charge in [-0.3, -0.25) is 14.9 Å². The number of anilines is 1. The van der Waals surface area contributed by atoms with Gasteiger partial charge >= 0.3 is 6.09 Å². The first-order valence-electron chi connectivity index (χ1n) is 8.61. The van der Waals surface area contributed by atoms with Crippen LogP contribution >= 0.6 is 11.3 Å². The van der Waals surface area contributed by atoms with Gasteiger partial charge in [0, 0.05) is 36.0 Å². The molecular formula is C18H22N4O5S. The number of amides is 2. The van der Waals surface area contributed by atoms with Gasteiger partial charge in [0.15, 0.2) is 5.13 Å². The van der Waals surface area contributed by atoms with Crippen molar-refractivity contribution in [1.82, 2.24) is 10.3 Å². The minimum Gasteiger partial charge on any atom is -0.444 e. The number of rotatable bonds is 7. The molecule has 10 heteroatoms. The van der Waals surface area contributed by atoms with Gasteiger partial charge in [0.1, 0.15) is 5.60 Å². The first kappa shape index (κ1) is 21.3. The fourth-order valence-corrected chi connectivity index (χ4v) is 2.91. The number of benzene rings is 1. The molecule has 1 heterocycles. The van der Waals surface area contributed by atoms with Crippen LogP contribution in [-0.4, -0.2) is 34.1 Å². The molecule has 2 amide bonds. The van der Waals surface area contributed by atoms with Crippen LogP contribution in [0.15, 0.2) is 29.6 Å². The second-order valence-electron chi connectivity index (χ2n) is 6.93. The maximum absolute atomic E-state index is 12.0. The molecule has 0 unspecified atom stereocenters. The molecule has 2 N–H and O–H groups in total. The van der Waals surface area contributed by atoms with Crippen LogP contribution in [0.2, 0.25) is 0 Å². The van der Waals surface area contributed by atoms with E-state index in [1.807, 2.05) is 0 Å². The molecule has 9 nitrogen and oxygen atoms in total. The number of thiazole rings is 1. The molecule has 0 aliphatic carbocycles. The Morgan fingerprint density at radius 1 is 1.32 bits per heavy atom. The van der Waals surface area contributed by atoms with Gasteiger partial charge in [0.05, 0.1) is 10.6 Å². The van der Waals surface area contributed by atoms with Crippen LogP contribution in [0.25, 0.3) is 11.3 Å². The number of hydrogen-bond donors (Lipinski definition) is 2. The largest absolute Gasteiger partial charge is 0.444 e. The number of hydrogen-bond acceptors (Lipinski definition) is 7. The summed E-state index contributed by atoms with van der Waals surface area (Å²) in [5, 5.41) is 18.3. The van der Waals surface area contributed by atoms with E-state index in [9.17, 15) is 19.7 Å². The lowest BCUT2D eigenvalue weighted by molar-refractivity contribution is -0.384. The number of alkyl carbamates (subject to hydrolysis) is 1. The standard InChI is InChI=1S/C18H22N4O5S/c1-18(2,3)27-17(24)19-9-5-8-15(23)21-16-20-14(11-28-16)12-6-4-7-13(10-12)22(25)26/h4,6-7,10-11H,5,8-9H2,1-3H3,(H,19,24)(H,20,21,23). The van der Waals surface area contributed by atoms with Gasteiger partial charge in [-0.25, -0.2) is 9.78 Å². The van der Waals surface area contributed by atoms with Gasteiger partial charge in [-0.05, 0) is 27.2 Å². The number of nitro benzene ring substituents is 1. The Morgan fingerprint density at radius 3 is 2.75 bits per heavy atom. The Kier molecular flexibility index (Phi) is 7.05. The molecule has 0 aliphatic rings. The first-order valence-corrected chi connectivity index (χ1v) is 9.49. The van der Waals surface area contributed by atoms with Crippen molar-refractivity contribution in [1.29, 1.82) is 0 Å². The number of carbonyl (C=O) groups excluding carboxylic acids is 2. The summed E-state index contributed by atoms with van der Waals surface area (Å²) in [6.07, 6.45) is 0.143. The number of nitro groups is 1. The number of nitrogens with zero attached hydrogens (tertiary/aromatic N) is 2. The van der Waals surface area contributed by atoms with E-state index < -0.39 is 16.6 Å². The Balaban J connectivity index is 1.80. The third-order valence-corrected chi connectivity index (χ3v) is 4.11. The first-order chi connectivity index (χ1) is 13.1. The van der Waals surface area contributed by atoms with Gasteiger partial charge < -0.3 is 15.4 Å². The highest BCUT2D eigenvalue weighted by Gasteiger charge is 2.16. The monoisotopic (exact) mass is 406 g/mol. The molecule has 2 rings (SSSR count). The number of carbonyl (C=O) groups is 2. The van der Waals surface area contributed by atoms with Gasteiger partial charge in [-0.1, -0.05) is 12.1 Å². The minimum atomic E-state index is -0.566. The number of non-ortho nitro benzene ring substituents is 1. The van der Waals surface area contributed by atoms with Gasteiger partial charge in [-0.15, -0.1) is 11.3 Å². The summed E-state index contributed by atoms with van der Waals surface area (Å²) in [4.78, 5) is 38.2. The Labute approximate surface area is 166 Å². The van der Waals surface area contributed by atoms with E-state index >= 15 is 0 Å². The summed E-state index contributed by atoms with van der Waals surface area (Å²) in [7, 11) is 0. The highest BCUT2D eigenvalue weighted by molar-refractivity contribution is 7.14. The molecule has 0 spiro atoms. The van der Waals surface area contributed by atoms with Crippen molar-refractivity contribution in [2.45, 2.75) is 39.2 Å². The van der Waals surface area contributed by atoms with E-state index in [2.05, 4.69) is 15.6 Å². The van der Waals surface area contributed by atoms with E-state index in [-0.39, 0.29) is 18.0 Å². The highest BCUT2D eigenvalue weighted by atomic mass is 32.1. The Morgan fingerprint density at radius 2 is 2.07 bits per heavy atom. The molecule has 0 saturated heterocycles. The van der Waals surface area contributed by atoms with Crippen LogP contribution in [0, 0.1) is 10.1 Å². The third-order valence-electron chi connectivity index (χ3n) is 3.35. The summed E-state index contributed by atoms with van der Waals surface area (Å²) >= 11 is 1.23. The van der Waals surface area contributed by atoms with Crippen molar-refractivity contribution in [3.05, 3.63) is 39.8 Å². The van der Waals surface area contributed by atoms with Crippen LogP contribution in [0.4, 0.5) is 15.6 Å². The predicted octanol–water partition coefficient (Wildman–Crippen LogP) is 3.96. The fraction of sp³-hybridized carbons (Fsp3) is 0.389. The van der Waals surface area contributed by atoms with E-state index in [4.69, 9.17) is 4.74 Å². The van der Waals surface area contributed by atoms with Crippen molar-refractivity contribution in [3.63, 3.8) is 0 Å². The number of nitrogens with one attached hydrogen (secondary N) is 2. The van der Waals surface area contributed by atoms with Crippen molar-refractivity contribution in [2.24, 2.45) is 0 Å². The van der Waals surface area contributed by atoms with Crippen LogP contribution in [0.1, 0.15) is 33.6 Å². The van der Waals surface area contributed by atoms with Crippen molar-refractivity contribution < 1.29 is 19.2 Å². The molecule has 0 radical (unpaired) electrons. The van der Waals surface area contributed by atoms with Crippen molar-refractivity contribution >= 4 is 34.2 Å². The molecule has 150 valence electrons. The lowest BCUT2D eigenvalue weighted by Crippen LogP contribution is -2.33. The summed E-state index contributed by atoms with van der Waals surface area (Å²) in [5.74, 6) is -0.231. The smallest absolute Gasteiger partial charge is 0.407 e. The quantitative estimate of drug-likeness (QED) is 0.407. The highest BCUT2D eigenvalue weighted by Crippen LogP contribution is 2.27. The number of aromatic nitrogens is 1. The number of ether oxygens (including phenoxy) is 1. The van der Waals surface area contributed by atoms with E-state index in [0.29, 0.717) is 29.4 Å².